The van der Waals surface area contributed by atoms with Gasteiger partial charge in [0.05, 0.1) is 12.2 Å². The molecule has 5 nitrogen and oxygen atoms in total. The molecule has 2 N–H and O–H groups in total. The Morgan fingerprint density at radius 2 is 2.29 bits per heavy atom. The van der Waals surface area contributed by atoms with Gasteiger partial charge >= 0.3 is 0 Å². The summed E-state index contributed by atoms with van der Waals surface area (Å²) in [6.45, 7) is 0.396. The molecule has 1 amide bonds. The summed E-state index contributed by atoms with van der Waals surface area (Å²) in [7, 11) is 3.86. The molecule has 0 saturated carbocycles. The number of hydrogen-bond acceptors (Lipinski definition) is 5. The third-order valence-electron chi connectivity index (χ3n) is 2.66. The van der Waals surface area contributed by atoms with Crippen LogP contribution in [-0.4, -0.2) is 30.1 Å². The smallest absolute Gasteiger partial charge is 0.244 e. The molecule has 0 aliphatic carbocycles. The molecule has 2 rings (SSSR count). The van der Waals surface area contributed by atoms with E-state index in [1.54, 1.807) is 24.3 Å². The minimum Gasteiger partial charge on any atom is -0.508 e. The maximum absolute atomic E-state index is 11.7. The SMILES string of the molecule is CN(C)c1nc(CNC(=O)/C=C/c2cccc(O)c2)cs1. The summed E-state index contributed by atoms with van der Waals surface area (Å²) in [5.41, 5.74) is 1.61. The zero-order valence-corrected chi connectivity index (χ0v) is 12.7. The van der Waals surface area contributed by atoms with Gasteiger partial charge in [-0.25, -0.2) is 4.98 Å². The number of phenols is 1. The fourth-order valence-corrected chi connectivity index (χ4v) is 2.38. The van der Waals surface area contributed by atoms with E-state index in [4.69, 9.17) is 0 Å². The molecular weight excluding hydrogens is 286 g/mol. The third-order valence-corrected chi connectivity index (χ3v) is 3.72. The maximum Gasteiger partial charge on any atom is 0.244 e. The largest absolute Gasteiger partial charge is 0.508 e. The lowest BCUT2D eigenvalue weighted by Crippen LogP contribution is -2.20. The number of hydrogen-bond donors (Lipinski definition) is 2. The highest BCUT2D eigenvalue weighted by Gasteiger charge is 2.04. The summed E-state index contributed by atoms with van der Waals surface area (Å²) in [5.74, 6) is -0.0195. The standard InChI is InChI=1S/C15H17N3O2S/c1-18(2)15-17-12(10-21-15)9-16-14(20)7-6-11-4-3-5-13(19)8-11/h3-8,10,19H,9H2,1-2H3,(H,16,20)/b7-6+. The number of anilines is 1. The highest BCUT2D eigenvalue weighted by atomic mass is 32.1. The molecule has 0 unspecified atom stereocenters. The topological polar surface area (TPSA) is 65.5 Å². The molecule has 0 aliphatic heterocycles. The minimum atomic E-state index is -0.197. The highest BCUT2D eigenvalue weighted by molar-refractivity contribution is 7.13. The quantitative estimate of drug-likeness (QED) is 0.832. The zero-order valence-electron chi connectivity index (χ0n) is 11.9. The number of thiazole rings is 1. The van der Waals surface area contributed by atoms with E-state index in [1.165, 1.54) is 17.4 Å². The molecule has 0 aliphatic rings. The van der Waals surface area contributed by atoms with E-state index in [-0.39, 0.29) is 11.7 Å². The van der Waals surface area contributed by atoms with Crippen LogP contribution in [0.5, 0.6) is 5.75 Å². The van der Waals surface area contributed by atoms with Gasteiger partial charge in [0.2, 0.25) is 5.91 Å². The van der Waals surface area contributed by atoms with Crippen molar-refractivity contribution in [1.82, 2.24) is 10.3 Å². The Bertz CT molecular complexity index is 650. The van der Waals surface area contributed by atoms with Gasteiger partial charge in [-0.3, -0.25) is 4.79 Å². The molecular formula is C15H17N3O2S. The fraction of sp³-hybridized carbons (Fsp3) is 0.200. The molecule has 21 heavy (non-hydrogen) atoms. The number of carbonyl (C=O) groups excluding carboxylic acids is 1. The summed E-state index contributed by atoms with van der Waals surface area (Å²) in [6.07, 6.45) is 3.09. The molecule has 1 aromatic carbocycles. The Kier molecular flexibility index (Phi) is 4.94. The number of rotatable bonds is 5. The Morgan fingerprint density at radius 3 is 2.95 bits per heavy atom. The van der Waals surface area contributed by atoms with E-state index in [0.29, 0.717) is 6.54 Å². The van der Waals surface area contributed by atoms with Crippen LogP contribution in [0.25, 0.3) is 6.08 Å². The number of phenolic OH excluding ortho intramolecular Hbond substituents is 1. The van der Waals surface area contributed by atoms with Crippen molar-refractivity contribution in [3.8, 4) is 5.75 Å². The molecule has 0 fully saturated rings. The first-order chi connectivity index (χ1) is 10.0. The normalized spacial score (nSPS) is 10.8. The van der Waals surface area contributed by atoms with Crippen molar-refractivity contribution < 1.29 is 9.90 Å². The first-order valence-electron chi connectivity index (χ1n) is 6.41. The van der Waals surface area contributed by atoms with Crippen molar-refractivity contribution in [2.45, 2.75) is 6.54 Å². The van der Waals surface area contributed by atoms with Crippen LogP contribution >= 0.6 is 11.3 Å². The number of aromatic nitrogens is 1. The Balaban J connectivity index is 1.87. The predicted molar refractivity (Wildman–Crippen MR) is 85.4 cm³/mol. The van der Waals surface area contributed by atoms with Gasteiger partial charge in [0.15, 0.2) is 5.13 Å². The van der Waals surface area contributed by atoms with Crippen molar-refractivity contribution >= 4 is 28.5 Å². The highest BCUT2D eigenvalue weighted by Crippen LogP contribution is 2.17. The second-order valence-corrected chi connectivity index (χ2v) is 5.50. The lowest BCUT2D eigenvalue weighted by Gasteiger charge is -2.05. The summed E-state index contributed by atoms with van der Waals surface area (Å²) in [5, 5.41) is 14.9. The van der Waals surface area contributed by atoms with E-state index in [0.717, 1.165) is 16.4 Å². The molecule has 2 aromatic rings. The molecule has 1 heterocycles. The van der Waals surface area contributed by atoms with Gasteiger partial charge in [-0.15, -0.1) is 11.3 Å². The Labute approximate surface area is 127 Å². The fourth-order valence-electron chi connectivity index (χ4n) is 1.62. The van der Waals surface area contributed by atoms with Crippen molar-refractivity contribution in [2.75, 3.05) is 19.0 Å². The van der Waals surface area contributed by atoms with Crippen LogP contribution in [0, 0.1) is 0 Å². The van der Waals surface area contributed by atoms with E-state index in [2.05, 4.69) is 10.3 Å². The third kappa shape index (κ3) is 4.61. The van der Waals surface area contributed by atoms with Crippen LogP contribution in [0.3, 0.4) is 0 Å². The second-order valence-electron chi connectivity index (χ2n) is 4.66. The van der Waals surface area contributed by atoms with E-state index in [9.17, 15) is 9.90 Å². The molecule has 0 bridgehead atoms. The van der Waals surface area contributed by atoms with Crippen LogP contribution in [0.2, 0.25) is 0 Å². The maximum atomic E-state index is 11.7. The van der Waals surface area contributed by atoms with Crippen LogP contribution < -0.4 is 10.2 Å². The van der Waals surface area contributed by atoms with Crippen molar-refractivity contribution in [3.63, 3.8) is 0 Å². The van der Waals surface area contributed by atoms with E-state index >= 15 is 0 Å². The number of aromatic hydroxyl groups is 1. The van der Waals surface area contributed by atoms with Gasteiger partial charge in [0.1, 0.15) is 5.75 Å². The lowest BCUT2D eigenvalue weighted by molar-refractivity contribution is -0.116. The predicted octanol–water partition coefficient (Wildman–Crippen LogP) is 2.24. The number of benzene rings is 1. The summed E-state index contributed by atoms with van der Waals surface area (Å²) in [6, 6.07) is 6.72. The number of nitrogens with one attached hydrogen (secondary N) is 1. The summed E-state index contributed by atoms with van der Waals surface area (Å²) >= 11 is 1.54. The number of carbonyl (C=O) groups is 1. The second kappa shape index (κ2) is 6.90. The molecule has 110 valence electrons. The van der Waals surface area contributed by atoms with Gasteiger partial charge in [0, 0.05) is 25.6 Å². The average molecular weight is 303 g/mol. The molecule has 6 heteroatoms. The van der Waals surface area contributed by atoms with Crippen molar-refractivity contribution in [2.24, 2.45) is 0 Å². The molecule has 0 radical (unpaired) electrons. The number of nitrogens with zero attached hydrogens (tertiary/aromatic N) is 2. The molecule has 0 saturated heterocycles. The summed E-state index contributed by atoms with van der Waals surface area (Å²) < 4.78 is 0. The monoisotopic (exact) mass is 303 g/mol. The van der Waals surface area contributed by atoms with E-state index in [1.807, 2.05) is 30.4 Å². The Hall–Kier alpha value is -2.34. The molecule has 1 aromatic heterocycles. The summed E-state index contributed by atoms with van der Waals surface area (Å²) in [4.78, 5) is 18.0. The van der Waals surface area contributed by atoms with Gasteiger partial charge < -0.3 is 15.3 Å². The first-order valence-corrected chi connectivity index (χ1v) is 7.29. The molecule has 0 spiro atoms. The number of amides is 1. The Morgan fingerprint density at radius 1 is 1.48 bits per heavy atom. The lowest BCUT2D eigenvalue weighted by atomic mass is 10.2. The van der Waals surface area contributed by atoms with E-state index < -0.39 is 0 Å². The van der Waals surface area contributed by atoms with Crippen LogP contribution in [0.4, 0.5) is 5.13 Å². The van der Waals surface area contributed by atoms with Crippen LogP contribution in [0.15, 0.2) is 35.7 Å². The average Bonchev–Trinajstić information content (AvgIpc) is 2.92. The van der Waals surface area contributed by atoms with Crippen molar-refractivity contribution in [1.29, 1.82) is 0 Å². The van der Waals surface area contributed by atoms with Gasteiger partial charge in [-0.05, 0) is 23.8 Å². The van der Waals surface area contributed by atoms with Gasteiger partial charge in [0.25, 0.3) is 0 Å². The zero-order chi connectivity index (χ0) is 15.2. The first kappa shape index (κ1) is 15.1. The van der Waals surface area contributed by atoms with Crippen molar-refractivity contribution in [3.05, 3.63) is 47.0 Å². The molecule has 0 atom stereocenters. The van der Waals surface area contributed by atoms with Gasteiger partial charge in [-0.2, -0.15) is 0 Å². The van der Waals surface area contributed by atoms with Gasteiger partial charge in [-0.1, -0.05) is 12.1 Å². The van der Waals surface area contributed by atoms with Crippen LogP contribution in [0.1, 0.15) is 11.3 Å². The minimum absolute atomic E-state index is 0.177. The van der Waals surface area contributed by atoms with Crippen LogP contribution in [-0.2, 0) is 11.3 Å².